The van der Waals surface area contributed by atoms with Gasteiger partial charge in [0.25, 0.3) is 0 Å². The van der Waals surface area contributed by atoms with Gasteiger partial charge in [0.05, 0.1) is 0 Å². The van der Waals surface area contributed by atoms with Gasteiger partial charge in [-0.3, -0.25) is 0 Å². The summed E-state index contributed by atoms with van der Waals surface area (Å²) >= 11 is 3.46. The van der Waals surface area contributed by atoms with Gasteiger partial charge in [0.1, 0.15) is 0 Å². The molecular weight excluding hydrogens is 260 g/mol. The van der Waals surface area contributed by atoms with E-state index in [4.69, 9.17) is 0 Å². The van der Waals surface area contributed by atoms with Crippen LogP contribution in [0.4, 0.5) is 0 Å². The number of aryl methyl sites for hydroxylation is 1. The van der Waals surface area contributed by atoms with Gasteiger partial charge in [-0.15, -0.1) is 0 Å². The molecule has 1 aromatic carbocycles. The molecule has 16 heavy (non-hydrogen) atoms. The Kier molecular flexibility index (Phi) is 7.24. The van der Waals surface area contributed by atoms with Gasteiger partial charge in [0.15, 0.2) is 0 Å². The summed E-state index contributed by atoms with van der Waals surface area (Å²) in [5.74, 6) is 0. The van der Waals surface area contributed by atoms with Crippen LogP contribution in [0.2, 0.25) is 0 Å². The van der Waals surface area contributed by atoms with Crippen LogP contribution in [0.1, 0.15) is 43.2 Å². The Morgan fingerprint density at radius 2 is 1.56 bits per heavy atom. The summed E-state index contributed by atoms with van der Waals surface area (Å²) in [6.45, 7) is 3.76. The second kappa shape index (κ2) is 8.58. The molecule has 0 unspecified atom stereocenters. The third-order valence-corrected chi connectivity index (χ3v) is 3.38. The average molecular weight is 281 g/mol. The monoisotopic (exact) mass is 280 g/mol. The minimum atomic E-state index is 1.15. The summed E-state index contributed by atoms with van der Waals surface area (Å²) in [6, 6.07) is 8.73. The normalized spacial score (nSPS) is 10.3. The summed E-state index contributed by atoms with van der Waals surface area (Å²) in [5.41, 5.74) is 2.66. The Morgan fingerprint density at radius 1 is 0.938 bits per heavy atom. The van der Waals surface area contributed by atoms with Gasteiger partial charge in [-0.25, -0.2) is 0 Å². The fraction of sp³-hybridized carbons (Fsp3) is 0.467. The molecule has 0 saturated heterocycles. The number of hydrogen-bond donors (Lipinski definition) is 0. The molecular formula is C15H21Br. The van der Waals surface area contributed by atoms with Gasteiger partial charge in [0.2, 0.25) is 0 Å². The molecule has 1 heteroatoms. The lowest BCUT2D eigenvalue weighted by Crippen LogP contribution is -1.86. The molecule has 0 aliphatic carbocycles. The summed E-state index contributed by atoms with van der Waals surface area (Å²) in [6.07, 6.45) is 9.83. The van der Waals surface area contributed by atoms with Gasteiger partial charge in [-0.2, -0.15) is 0 Å². The Hall–Kier alpha value is -0.560. The van der Waals surface area contributed by atoms with E-state index in [-0.39, 0.29) is 0 Å². The first-order valence-electron chi connectivity index (χ1n) is 6.14. The lowest BCUT2D eigenvalue weighted by Gasteiger charge is -2.02. The van der Waals surface area contributed by atoms with E-state index in [1.807, 2.05) is 6.08 Å². The molecule has 0 heterocycles. The molecule has 88 valence electrons. The van der Waals surface area contributed by atoms with Crippen molar-refractivity contribution < 1.29 is 0 Å². The predicted molar refractivity (Wildman–Crippen MR) is 77.1 cm³/mol. The second-order valence-electron chi connectivity index (χ2n) is 4.15. The van der Waals surface area contributed by atoms with Crippen LogP contribution in [0, 0.1) is 0 Å². The third-order valence-electron chi connectivity index (χ3n) is 2.81. The summed E-state index contributed by atoms with van der Waals surface area (Å²) in [5, 5.41) is 1.15. The molecule has 0 spiro atoms. The van der Waals surface area contributed by atoms with Crippen LogP contribution in [-0.2, 0) is 6.42 Å². The van der Waals surface area contributed by atoms with E-state index in [1.165, 1.54) is 49.7 Å². The SMILES string of the molecule is C=Cc1ccc(CCCCCCCBr)cc1. The highest BCUT2D eigenvalue weighted by molar-refractivity contribution is 9.09. The fourth-order valence-corrected chi connectivity index (χ4v) is 2.17. The quantitative estimate of drug-likeness (QED) is 0.453. The Morgan fingerprint density at radius 3 is 2.19 bits per heavy atom. The Bertz CT molecular complexity index is 287. The molecule has 0 N–H and O–H groups in total. The first-order valence-corrected chi connectivity index (χ1v) is 7.26. The van der Waals surface area contributed by atoms with Crippen molar-refractivity contribution in [2.24, 2.45) is 0 Å². The van der Waals surface area contributed by atoms with Crippen LogP contribution >= 0.6 is 15.9 Å². The highest BCUT2D eigenvalue weighted by atomic mass is 79.9. The van der Waals surface area contributed by atoms with Crippen molar-refractivity contribution in [2.45, 2.75) is 38.5 Å². The molecule has 0 fully saturated rings. The van der Waals surface area contributed by atoms with Gasteiger partial charge in [-0.1, -0.05) is 72.1 Å². The van der Waals surface area contributed by atoms with Gasteiger partial charge < -0.3 is 0 Å². The van der Waals surface area contributed by atoms with E-state index in [2.05, 4.69) is 46.8 Å². The van der Waals surface area contributed by atoms with Crippen molar-refractivity contribution in [3.8, 4) is 0 Å². The van der Waals surface area contributed by atoms with Gasteiger partial charge >= 0.3 is 0 Å². The smallest absolute Gasteiger partial charge is 0.00313 e. The van der Waals surface area contributed by atoms with Crippen LogP contribution in [0.3, 0.4) is 0 Å². The minimum absolute atomic E-state index is 1.15. The Balaban J connectivity index is 2.14. The van der Waals surface area contributed by atoms with Crippen LogP contribution in [0.5, 0.6) is 0 Å². The number of alkyl halides is 1. The Labute approximate surface area is 108 Å². The molecule has 1 aromatic rings. The molecule has 0 saturated carbocycles. The molecule has 0 aromatic heterocycles. The standard InChI is InChI=1S/C15H21Br/c1-2-14-9-11-15(12-10-14)8-6-4-3-5-7-13-16/h2,9-12H,1,3-8,13H2. The molecule has 0 atom stereocenters. The molecule has 0 aliphatic heterocycles. The molecule has 0 amide bonds. The maximum Gasteiger partial charge on any atom is 0.00313 e. The van der Waals surface area contributed by atoms with Crippen LogP contribution < -0.4 is 0 Å². The number of rotatable bonds is 8. The molecule has 0 bridgehead atoms. The zero-order chi connectivity index (χ0) is 11.6. The van der Waals surface area contributed by atoms with Crippen LogP contribution in [0.15, 0.2) is 30.8 Å². The van der Waals surface area contributed by atoms with Gasteiger partial charge in [-0.05, 0) is 30.4 Å². The van der Waals surface area contributed by atoms with Crippen LogP contribution in [-0.4, -0.2) is 5.33 Å². The zero-order valence-electron chi connectivity index (χ0n) is 9.92. The highest BCUT2D eigenvalue weighted by Gasteiger charge is 1.94. The zero-order valence-corrected chi connectivity index (χ0v) is 11.5. The van der Waals surface area contributed by atoms with Crippen molar-refractivity contribution in [3.05, 3.63) is 42.0 Å². The first kappa shape index (κ1) is 13.5. The van der Waals surface area contributed by atoms with E-state index < -0.39 is 0 Å². The highest BCUT2D eigenvalue weighted by Crippen LogP contribution is 2.11. The van der Waals surface area contributed by atoms with Gasteiger partial charge in [0, 0.05) is 5.33 Å². The van der Waals surface area contributed by atoms with Crippen molar-refractivity contribution in [3.63, 3.8) is 0 Å². The topological polar surface area (TPSA) is 0 Å². The maximum absolute atomic E-state index is 3.76. The van der Waals surface area contributed by atoms with E-state index in [0.717, 1.165) is 5.33 Å². The van der Waals surface area contributed by atoms with E-state index in [0.29, 0.717) is 0 Å². The lowest BCUT2D eigenvalue weighted by molar-refractivity contribution is 0.635. The average Bonchev–Trinajstić information content (AvgIpc) is 2.34. The first-order chi connectivity index (χ1) is 7.86. The third kappa shape index (κ3) is 5.50. The number of benzene rings is 1. The fourth-order valence-electron chi connectivity index (χ4n) is 1.77. The largest absolute Gasteiger partial charge is 0.0985 e. The van der Waals surface area contributed by atoms with Crippen molar-refractivity contribution in [2.75, 3.05) is 5.33 Å². The minimum Gasteiger partial charge on any atom is -0.0985 e. The summed E-state index contributed by atoms with van der Waals surface area (Å²) < 4.78 is 0. The number of halogens is 1. The van der Waals surface area contributed by atoms with Crippen molar-refractivity contribution in [1.29, 1.82) is 0 Å². The number of unbranched alkanes of at least 4 members (excludes halogenated alkanes) is 4. The summed E-state index contributed by atoms with van der Waals surface area (Å²) in [7, 11) is 0. The lowest BCUT2D eigenvalue weighted by atomic mass is 10.0. The van der Waals surface area contributed by atoms with E-state index >= 15 is 0 Å². The predicted octanol–water partition coefficient (Wildman–Crippen LogP) is 5.22. The second-order valence-corrected chi connectivity index (χ2v) is 4.95. The van der Waals surface area contributed by atoms with Crippen LogP contribution in [0.25, 0.3) is 6.08 Å². The molecule has 0 radical (unpaired) electrons. The van der Waals surface area contributed by atoms with Crippen molar-refractivity contribution in [1.82, 2.24) is 0 Å². The van der Waals surface area contributed by atoms with E-state index in [9.17, 15) is 0 Å². The maximum atomic E-state index is 3.76. The molecule has 0 nitrogen and oxygen atoms in total. The number of hydrogen-bond acceptors (Lipinski definition) is 0. The van der Waals surface area contributed by atoms with Crippen molar-refractivity contribution >= 4 is 22.0 Å². The van der Waals surface area contributed by atoms with E-state index in [1.54, 1.807) is 0 Å². The summed E-state index contributed by atoms with van der Waals surface area (Å²) in [4.78, 5) is 0. The molecule has 0 aliphatic rings. The molecule has 1 rings (SSSR count).